The molecule has 1 aliphatic heterocycles. The summed E-state index contributed by atoms with van der Waals surface area (Å²) < 4.78 is 0. The van der Waals surface area contributed by atoms with Gasteiger partial charge in [0.25, 0.3) is 0 Å². The predicted octanol–water partition coefficient (Wildman–Crippen LogP) is 3.08. The SMILES string of the molecule is CC1=NN(c2ccc(Cl)cc2Cl)CN(C)C1. The van der Waals surface area contributed by atoms with Crippen LogP contribution >= 0.6 is 23.2 Å². The van der Waals surface area contributed by atoms with Crippen molar-refractivity contribution in [3.8, 4) is 0 Å². The number of benzene rings is 1. The molecule has 1 heterocycles. The largest absolute Gasteiger partial charge is 0.282 e. The summed E-state index contributed by atoms with van der Waals surface area (Å²) >= 11 is 12.0. The highest BCUT2D eigenvalue weighted by atomic mass is 35.5. The van der Waals surface area contributed by atoms with Crippen LogP contribution in [0.1, 0.15) is 6.92 Å². The minimum Gasteiger partial charge on any atom is -0.282 e. The summed E-state index contributed by atoms with van der Waals surface area (Å²) in [4.78, 5) is 2.17. The molecule has 5 heteroatoms. The topological polar surface area (TPSA) is 18.8 Å². The van der Waals surface area contributed by atoms with Gasteiger partial charge in [-0.05, 0) is 32.2 Å². The Labute approximate surface area is 105 Å². The molecule has 0 radical (unpaired) electrons. The molecule has 0 atom stereocenters. The lowest BCUT2D eigenvalue weighted by molar-refractivity contribution is 0.362. The maximum atomic E-state index is 6.14. The van der Waals surface area contributed by atoms with Crippen LogP contribution in [0.25, 0.3) is 0 Å². The Hall–Kier alpha value is -0.770. The smallest absolute Gasteiger partial charge is 0.0937 e. The highest BCUT2D eigenvalue weighted by Gasteiger charge is 2.17. The van der Waals surface area contributed by atoms with Gasteiger partial charge >= 0.3 is 0 Å². The summed E-state index contributed by atoms with van der Waals surface area (Å²) in [5.41, 5.74) is 1.96. The molecule has 0 unspecified atom stereocenters. The van der Waals surface area contributed by atoms with Crippen LogP contribution in [0.5, 0.6) is 0 Å². The van der Waals surface area contributed by atoms with E-state index in [1.54, 1.807) is 6.07 Å². The van der Waals surface area contributed by atoms with E-state index in [2.05, 4.69) is 17.0 Å². The molecular formula is C11H13Cl2N3. The second-order valence-electron chi connectivity index (χ2n) is 3.99. The molecule has 0 N–H and O–H groups in total. The summed E-state index contributed by atoms with van der Waals surface area (Å²) in [5.74, 6) is 0. The van der Waals surface area contributed by atoms with Crippen molar-refractivity contribution in [3.63, 3.8) is 0 Å². The molecule has 16 heavy (non-hydrogen) atoms. The van der Waals surface area contributed by atoms with E-state index in [1.165, 1.54) is 0 Å². The molecule has 0 amide bonds. The van der Waals surface area contributed by atoms with Crippen LogP contribution in [-0.2, 0) is 0 Å². The third-order valence-corrected chi connectivity index (χ3v) is 2.89. The fraction of sp³-hybridized carbons (Fsp3) is 0.364. The van der Waals surface area contributed by atoms with E-state index in [-0.39, 0.29) is 0 Å². The molecule has 1 aliphatic rings. The van der Waals surface area contributed by atoms with Gasteiger partial charge in [0.1, 0.15) is 0 Å². The number of hydrogen-bond donors (Lipinski definition) is 0. The summed E-state index contributed by atoms with van der Waals surface area (Å²) in [6.07, 6.45) is 0. The number of anilines is 1. The van der Waals surface area contributed by atoms with E-state index in [1.807, 2.05) is 24.1 Å². The van der Waals surface area contributed by atoms with Gasteiger partial charge in [-0.3, -0.25) is 4.90 Å². The minimum absolute atomic E-state index is 0.624. The molecule has 2 rings (SSSR count). The van der Waals surface area contributed by atoms with Crippen molar-refractivity contribution >= 4 is 34.6 Å². The van der Waals surface area contributed by atoms with Crippen LogP contribution in [0, 0.1) is 0 Å². The Balaban J connectivity index is 2.33. The first-order chi connectivity index (χ1) is 7.56. The molecule has 0 aromatic heterocycles. The molecule has 0 saturated heterocycles. The van der Waals surface area contributed by atoms with Gasteiger partial charge in [0.05, 0.1) is 17.4 Å². The third-order valence-electron chi connectivity index (χ3n) is 2.35. The first-order valence-electron chi connectivity index (χ1n) is 5.01. The molecule has 1 aromatic rings. The molecule has 0 fully saturated rings. The highest BCUT2D eigenvalue weighted by molar-refractivity contribution is 6.36. The summed E-state index contributed by atoms with van der Waals surface area (Å²) in [6, 6.07) is 5.45. The monoisotopic (exact) mass is 257 g/mol. The van der Waals surface area contributed by atoms with E-state index in [4.69, 9.17) is 23.2 Å². The Kier molecular flexibility index (Phi) is 3.38. The quantitative estimate of drug-likeness (QED) is 0.770. The molecule has 0 spiro atoms. The number of hydrazone groups is 1. The van der Waals surface area contributed by atoms with Gasteiger partial charge in [-0.15, -0.1) is 0 Å². The van der Waals surface area contributed by atoms with E-state index in [9.17, 15) is 0 Å². The number of halogens is 2. The number of rotatable bonds is 1. The summed E-state index contributed by atoms with van der Waals surface area (Å²) in [6.45, 7) is 3.63. The van der Waals surface area contributed by atoms with Crippen LogP contribution in [0.15, 0.2) is 23.3 Å². The van der Waals surface area contributed by atoms with Crippen molar-refractivity contribution in [2.24, 2.45) is 5.10 Å². The van der Waals surface area contributed by atoms with E-state index >= 15 is 0 Å². The molecule has 0 bridgehead atoms. The van der Waals surface area contributed by atoms with Crippen molar-refractivity contribution in [3.05, 3.63) is 28.2 Å². The molecular weight excluding hydrogens is 245 g/mol. The fourth-order valence-electron chi connectivity index (χ4n) is 1.76. The van der Waals surface area contributed by atoms with E-state index in [0.29, 0.717) is 10.0 Å². The van der Waals surface area contributed by atoms with Gasteiger partial charge in [-0.2, -0.15) is 5.10 Å². The van der Waals surface area contributed by atoms with Gasteiger partial charge in [0.15, 0.2) is 0 Å². The van der Waals surface area contributed by atoms with Crippen LogP contribution in [0.2, 0.25) is 10.0 Å². The maximum absolute atomic E-state index is 6.14. The highest BCUT2D eigenvalue weighted by Crippen LogP contribution is 2.29. The second kappa shape index (κ2) is 4.62. The summed E-state index contributed by atoms with van der Waals surface area (Å²) in [7, 11) is 2.05. The van der Waals surface area contributed by atoms with Crippen molar-refractivity contribution in [2.45, 2.75) is 6.92 Å². The van der Waals surface area contributed by atoms with Crippen molar-refractivity contribution in [1.29, 1.82) is 0 Å². The van der Waals surface area contributed by atoms with Crippen molar-refractivity contribution < 1.29 is 0 Å². The molecule has 3 nitrogen and oxygen atoms in total. The van der Waals surface area contributed by atoms with Gasteiger partial charge in [-0.1, -0.05) is 23.2 Å². The average Bonchev–Trinajstić information content (AvgIpc) is 2.15. The van der Waals surface area contributed by atoms with Crippen molar-refractivity contribution in [2.75, 3.05) is 25.3 Å². The van der Waals surface area contributed by atoms with Crippen LogP contribution in [0.4, 0.5) is 5.69 Å². The van der Waals surface area contributed by atoms with Gasteiger partial charge in [0, 0.05) is 17.3 Å². The first kappa shape index (κ1) is 11.7. The van der Waals surface area contributed by atoms with E-state index in [0.717, 1.165) is 24.6 Å². The fourth-order valence-corrected chi connectivity index (χ4v) is 2.27. The standard InChI is InChI=1S/C11H13Cl2N3/c1-8-6-15(2)7-16(14-8)11-4-3-9(12)5-10(11)13/h3-5H,6-7H2,1-2H3. The normalized spacial score (nSPS) is 17.5. The predicted molar refractivity (Wildman–Crippen MR) is 69.5 cm³/mol. The lowest BCUT2D eigenvalue weighted by atomic mass is 10.3. The van der Waals surface area contributed by atoms with Crippen molar-refractivity contribution in [1.82, 2.24) is 4.90 Å². The zero-order chi connectivity index (χ0) is 11.7. The molecule has 1 aromatic carbocycles. The Morgan fingerprint density at radius 1 is 1.31 bits per heavy atom. The van der Waals surface area contributed by atoms with Gasteiger partial charge in [-0.25, -0.2) is 5.01 Å². The van der Waals surface area contributed by atoms with Crippen LogP contribution < -0.4 is 5.01 Å². The molecule has 0 aliphatic carbocycles. The Bertz CT molecular complexity index is 431. The Morgan fingerprint density at radius 3 is 2.69 bits per heavy atom. The Morgan fingerprint density at radius 2 is 2.06 bits per heavy atom. The first-order valence-corrected chi connectivity index (χ1v) is 5.77. The lowest BCUT2D eigenvalue weighted by Gasteiger charge is -2.31. The minimum atomic E-state index is 0.624. The van der Waals surface area contributed by atoms with Gasteiger partial charge in [0.2, 0.25) is 0 Å². The molecule has 0 saturated carbocycles. The molecule has 86 valence electrons. The average molecular weight is 258 g/mol. The second-order valence-corrected chi connectivity index (χ2v) is 4.83. The number of hydrogen-bond acceptors (Lipinski definition) is 3. The number of nitrogens with zero attached hydrogens (tertiary/aromatic N) is 3. The third kappa shape index (κ3) is 2.48. The maximum Gasteiger partial charge on any atom is 0.0937 e. The summed E-state index contributed by atoms with van der Waals surface area (Å²) in [5, 5.41) is 7.62. The lowest BCUT2D eigenvalue weighted by Crippen LogP contribution is -2.40. The van der Waals surface area contributed by atoms with Crippen LogP contribution in [-0.4, -0.2) is 30.9 Å². The van der Waals surface area contributed by atoms with Crippen LogP contribution in [0.3, 0.4) is 0 Å². The van der Waals surface area contributed by atoms with Gasteiger partial charge < -0.3 is 0 Å². The zero-order valence-corrected chi connectivity index (χ0v) is 10.8. The van der Waals surface area contributed by atoms with E-state index < -0.39 is 0 Å². The zero-order valence-electron chi connectivity index (χ0n) is 9.24.